The predicted octanol–water partition coefficient (Wildman–Crippen LogP) is 4.52. The van der Waals surface area contributed by atoms with Crippen molar-refractivity contribution in [2.45, 2.75) is 35.8 Å². The number of aromatic amines is 1. The molecule has 2 N–H and O–H groups in total. The molecule has 0 aliphatic carbocycles. The lowest BCUT2D eigenvalue weighted by molar-refractivity contribution is -0.125. The van der Waals surface area contributed by atoms with E-state index < -0.39 is 0 Å². The first kappa shape index (κ1) is 23.8. The van der Waals surface area contributed by atoms with Crippen molar-refractivity contribution in [3.63, 3.8) is 0 Å². The summed E-state index contributed by atoms with van der Waals surface area (Å²) in [6, 6.07) is 20.1. The van der Waals surface area contributed by atoms with Crippen molar-refractivity contribution in [1.82, 2.24) is 20.2 Å². The maximum Gasteiger partial charge on any atom is 0.237 e. The number of hydrogen-bond acceptors (Lipinski definition) is 6. The Morgan fingerprint density at radius 3 is 2.86 bits per heavy atom. The third kappa shape index (κ3) is 5.42. The zero-order valence-electron chi connectivity index (χ0n) is 20.2. The highest BCUT2D eigenvalue weighted by atomic mass is 32.2. The van der Waals surface area contributed by atoms with Crippen molar-refractivity contribution in [3.8, 4) is 11.5 Å². The van der Waals surface area contributed by atoms with Crippen LogP contribution in [0.25, 0.3) is 11.0 Å². The topological polar surface area (TPSA) is 79.5 Å². The highest BCUT2D eigenvalue weighted by Gasteiger charge is 2.37. The van der Waals surface area contributed by atoms with Gasteiger partial charge < -0.3 is 19.8 Å². The summed E-state index contributed by atoms with van der Waals surface area (Å²) in [5.74, 6) is 1.21. The molecule has 190 valence electrons. The monoisotopic (exact) mass is 518 g/mol. The number of ether oxygens (including phenoxy) is 2. The summed E-state index contributed by atoms with van der Waals surface area (Å²) >= 11 is 1.68. The Morgan fingerprint density at radius 1 is 1.08 bits per heavy atom. The van der Waals surface area contributed by atoms with Gasteiger partial charge >= 0.3 is 0 Å². The number of nitrogens with zero attached hydrogens (tertiary/aromatic N) is 2. The largest absolute Gasteiger partial charge is 0.454 e. The number of rotatable bonds is 8. The summed E-state index contributed by atoms with van der Waals surface area (Å²) in [5.41, 5.74) is 3.87. The highest BCUT2D eigenvalue weighted by molar-refractivity contribution is 7.99. The van der Waals surface area contributed by atoms with E-state index in [4.69, 9.17) is 14.5 Å². The first-order chi connectivity index (χ1) is 18.1. The second-order valence-electron chi connectivity index (χ2n) is 9.34. The number of carbonyl (C=O) groups is 1. The molecule has 1 amide bonds. The lowest BCUT2D eigenvalue weighted by atomic mass is 10.1. The summed E-state index contributed by atoms with van der Waals surface area (Å²) in [6.07, 6.45) is 1.29. The van der Waals surface area contributed by atoms with Crippen molar-refractivity contribution in [1.29, 1.82) is 0 Å². The number of nitrogens with one attached hydrogen (secondary N) is 2. The zero-order chi connectivity index (χ0) is 25.2. The van der Waals surface area contributed by atoms with Crippen LogP contribution in [0.4, 0.5) is 4.39 Å². The molecule has 9 heteroatoms. The van der Waals surface area contributed by atoms with Crippen LogP contribution in [0.3, 0.4) is 0 Å². The lowest BCUT2D eigenvalue weighted by Gasteiger charge is -2.23. The molecule has 0 radical (unpaired) electrons. The molecule has 37 heavy (non-hydrogen) atoms. The smallest absolute Gasteiger partial charge is 0.237 e. The number of amides is 1. The molecule has 0 saturated carbocycles. The van der Waals surface area contributed by atoms with Crippen LogP contribution in [-0.2, 0) is 17.8 Å². The Balaban J connectivity index is 1.15. The van der Waals surface area contributed by atoms with Crippen LogP contribution in [0.1, 0.15) is 17.5 Å². The molecule has 0 bridgehead atoms. The molecule has 3 aromatic carbocycles. The van der Waals surface area contributed by atoms with Crippen LogP contribution in [0.5, 0.6) is 11.5 Å². The minimum atomic E-state index is -0.278. The number of fused-ring (bicyclic) bond motifs is 2. The van der Waals surface area contributed by atoms with E-state index in [9.17, 15) is 9.18 Å². The fourth-order valence-electron chi connectivity index (χ4n) is 4.95. The molecule has 1 fully saturated rings. The van der Waals surface area contributed by atoms with Gasteiger partial charge in [0.25, 0.3) is 0 Å². The summed E-state index contributed by atoms with van der Waals surface area (Å²) in [4.78, 5) is 23.6. The maximum absolute atomic E-state index is 13.5. The molecule has 2 aliphatic heterocycles. The van der Waals surface area contributed by atoms with Crippen molar-refractivity contribution in [2.75, 3.05) is 19.9 Å². The highest BCUT2D eigenvalue weighted by Crippen LogP contribution is 2.36. The maximum atomic E-state index is 13.5. The van der Waals surface area contributed by atoms with Gasteiger partial charge in [-0.15, -0.1) is 0 Å². The molecule has 3 heterocycles. The molecule has 0 spiro atoms. The Morgan fingerprint density at radius 2 is 1.97 bits per heavy atom. The van der Waals surface area contributed by atoms with Crippen molar-refractivity contribution in [2.24, 2.45) is 0 Å². The number of hydrogen-bond donors (Lipinski definition) is 2. The van der Waals surface area contributed by atoms with Crippen LogP contribution < -0.4 is 14.8 Å². The van der Waals surface area contributed by atoms with E-state index in [2.05, 4.69) is 15.2 Å². The molecular formula is C28H27FN4O3S. The summed E-state index contributed by atoms with van der Waals surface area (Å²) in [7, 11) is 0. The predicted molar refractivity (Wildman–Crippen MR) is 140 cm³/mol. The number of likely N-dealkylation sites (tertiary alicyclic amines) is 1. The SMILES string of the molecule is O=C(NCCc1cccc(F)c1)[C@@H]1C[C@@H](Sc2nc3ccccc3[nH]2)CN1Cc1ccc2c(c1)OCO2. The van der Waals surface area contributed by atoms with Crippen molar-refractivity contribution < 1.29 is 18.7 Å². The zero-order valence-corrected chi connectivity index (χ0v) is 21.0. The van der Waals surface area contributed by atoms with Gasteiger partial charge in [0.15, 0.2) is 16.7 Å². The van der Waals surface area contributed by atoms with Crippen LogP contribution in [-0.4, -0.2) is 51.9 Å². The summed E-state index contributed by atoms with van der Waals surface area (Å²) in [5, 5.41) is 4.14. The van der Waals surface area contributed by atoms with Gasteiger partial charge in [0, 0.05) is 24.9 Å². The number of H-pyrrole nitrogens is 1. The number of thioether (sulfide) groups is 1. The molecule has 1 aromatic heterocycles. The van der Waals surface area contributed by atoms with E-state index in [-0.39, 0.29) is 29.8 Å². The van der Waals surface area contributed by atoms with E-state index in [1.54, 1.807) is 17.8 Å². The molecule has 7 nitrogen and oxygen atoms in total. The van der Waals surface area contributed by atoms with Crippen molar-refractivity contribution in [3.05, 3.63) is 83.7 Å². The van der Waals surface area contributed by atoms with Gasteiger partial charge in [-0.1, -0.05) is 42.1 Å². The van der Waals surface area contributed by atoms with Crippen LogP contribution in [0, 0.1) is 5.82 Å². The van der Waals surface area contributed by atoms with E-state index in [0.29, 0.717) is 25.9 Å². The number of para-hydroxylation sites is 2. The number of aromatic nitrogens is 2. The van der Waals surface area contributed by atoms with Gasteiger partial charge in [-0.2, -0.15) is 0 Å². The minimum Gasteiger partial charge on any atom is -0.454 e. The second-order valence-corrected chi connectivity index (χ2v) is 10.6. The summed E-state index contributed by atoms with van der Waals surface area (Å²) < 4.78 is 24.5. The fourth-order valence-corrected chi connectivity index (χ4v) is 6.13. The van der Waals surface area contributed by atoms with Gasteiger partial charge in [0.1, 0.15) is 5.82 Å². The van der Waals surface area contributed by atoms with E-state index in [1.165, 1.54) is 12.1 Å². The Labute approximate surface area is 218 Å². The second kappa shape index (κ2) is 10.4. The van der Waals surface area contributed by atoms with Crippen LogP contribution in [0.2, 0.25) is 0 Å². The standard InChI is InChI=1S/C28H27FN4O3S/c29-20-5-3-4-18(12-20)10-11-30-27(34)24-14-21(37-28-31-22-6-1-2-7-23(22)32-28)16-33(24)15-19-8-9-25-26(13-19)36-17-35-25/h1-9,12-13,21,24H,10-11,14-17H2,(H,30,34)(H,31,32)/t21-,24+/m1/s1. The Hall–Kier alpha value is -3.56. The Bertz CT molecular complexity index is 1390. The fraction of sp³-hybridized carbons (Fsp3) is 0.286. The molecule has 2 atom stereocenters. The van der Waals surface area contributed by atoms with Gasteiger partial charge in [-0.05, 0) is 60.4 Å². The molecule has 6 rings (SSSR count). The number of carbonyl (C=O) groups excluding carboxylic acids is 1. The van der Waals surface area contributed by atoms with Crippen LogP contribution in [0.15, 0.2) is 71.9 Å². The molecule has 4 aromatic rings. The van der Waals surface area contributed by atoms with Gasteiger partial charge in [-0.25, -0.2) is 9.37 Å². The first-order valence-corrected chi connectivity index (χ1v) is 13.2. The van der Waals surface area contributed by atoms with E-state index in [1.807, 2.05) is 48.5 Å². The average Bonchev–Trinajstić information content (AvgIpc) is 3.62. The third-order valence-electron chi connectivity index (χ3n) is 6.74. The van der Waals surface area contributed by atoms with E-state index >= 15 is 0 Å². The number of halogens is 1. The number of benzene rings is 3. The number of imidazole rings is 1. The quantitative estimate of drug-likeness (QED) is 0.357. The Kier molecular flexibility index (Phi) is 6.72. The third-order valence-corrected chi connectivity index (χ3v) is 7.83. The lowest BCUT2D eigenvalue weighted by Crippen LogP contribution is -2.43. The molecular weight excluding hydrogens is 491 g/mol. The van der Waals surface area contributed by atoms with Gasteiger partial charge in [0.05, 0.1) is 17.1 Å². The normalized spacial score (nSPS) is 18.9. The average molecular weight is 519 g/mol. The van der Waals surface area contributed by atoms with Gasteiger partial charge in [0.2, 0.25) is 12.7 Å². The van der Waals surface area contributed by atoms with Crippen molar-refractivity contribution >= 4 is 28.7 Å². The first-order valence-electron chi connectivity index (χ1n) is 12.4. The molecule has 2 aliphatic rings. The van der Waals surface area contributed by atoms with Gasteiger partial charge in [-0.3, -0.25) is 9.69 Å². The molecule has 0 unspecified atom stereocenters. The minimum absolute atomic E-state index is 0.00940. The molecule has 1 saturated heterocycles. The van der Waals surface area contributed by atoms with E-state index in [0.717, 1.165) is 45.4 Å². The summed E-state index contributed by atoms with van der Waals surface area (Å²) in [6.45, 7) is 2.06. The van der Waals surface area contributed by atoms with Crippen LogP contribution >= 0.6 is 11.8 Å².